The van der Waals surface area contributed by atoms with Crippen molar-refractivity contribution < 1.29 is 0 Å². The molecule has 1 aromatic heterocycles. The van der Waals surface area contributed by atoms with E-state index in [-0.39, 0.29) is 0 Å². The van der Waals surface area contributed by atoms with E-state index in [0.29, 0.717) is 0 Å². The number of hydrogen-bond acceptors (Lipinski definition) is 4. The predicted molar refractivity (Wildman–Crippen MR) is 62.9 cm³/mol. The molecule has 0 aromatic carbocycles. The van der Waals surface area contributed by atoms with Crippen LogP contribution >= 0.6 is 0 Å². The van der Waals surface area contributed by atoms with E-state index in [1.165, 1.54) is 5.56 Å². The van der Waals surface area contributed by atoms with Crippen LogP contribution in [0.15, 0.2) is 6.20 Å². The van der Waals surface area contributed by atoms with Crippen molar-refractivity contribution in [3.8, 4) is 0 Å². The summed E-state index contributed by atoms with van der Waals surface area (Å²) in [4.78, 5) is 8.67. The van der Waals surface area contributed by atoms with E-state index in [9.17, 15) is 0 Å². The van der Waals surface area contributed by atoms with Gasteiger partial charge in [0.1, 0.15) is 0 Å². The molecule has 15 heavy (non-hydrogen) atoms. The minimum atomic E-state index is 0.731. The summed E-state index contributed by atoms with van der Waals surface area (Å²) in [6.07, 6.45) is 2.98. The van der Waals surface area contributed by atoms with Crippen LogP contribution in [0.3, 0.4) is 0 Å². The third-order valence-electron chi connectivity index (χ3n) is 2.18. The highest BCUT2D eigenvalue weighted by molar-refractivity contribution is 5.28. The average molecular weight is 208 g/mol. The zero-order chi connectivity index (χ0) is 11.1. The second-order valence-electron chi connectivity index (χ2n) is 3.51. The first-order valence-electron chi connectivity index (χ1n) is 5.55. The van der Waals surface area contributed by atoms with Gasteiger partial charge in [0.05, 0.1) is 0 Å². The van der Waals surface area contributed by atoms with Crippen molar-refractivity contribution in [2.24, 2.45) is 0 Å². The fourth-order valence-corrected chi connectivity index (χ4v) is 1.25. The van der Waals surface area contributed by atoms with Crippen molar-refractivity contribution >= 4 is 5.95 Å². The molecule has 0 fully saturated rings. The molecule has 0 atom stereocenters. The summed E-state index contributed by atoms with van der Waals surface area (Å²) in [6.45, 7) is 8.97. The highest BCUT2D eigenvalue weighted by Gasteiger charge is 2.01. The van der Waals surface area contributed by atoms with Crippen molar-refractivity contribution in [2.75, 3.05) is 18.4 Å². The number of rotatable bonds is 6. The van der Waals surface area contributed by atoms with E-state index < -0.39 is 0 Å². The molecule has 0 aliphatic carbocycles. The first-order chi connectivity index (χ1) is 7.27. The van der Waals surface area contributed by atoms with Crippen LogP contribution in [0.5, 0.6) is 0 Å². The summed E-state index contributed by atoms with van der Waals surface area (Å²) in [5.74, 6) is 0.731. The third-order valence-corrected chi connectivity index (χ3v) is 2.18. The molecular formula is C11H20N4. The van der Waals surface area contributed by atoms with Gasteiger partial charge in [0.25, 0.3) is 0 Å². The number of aryl methyl sites for hydroxylation is 1. The zero-order valence-corrected chi connectivity index (χ0v) is 9.80. The van der Waals surface area contributed by atoms with Gasteiger partial charge in [-0.2, -0.15) is 0 Å². The summed E-state index contributed by atoms with van der Waals surface area (Å²) in [5, 5.41) is 6.44. The molecule has 0 saturated carbocycles. The molecule has 4 nitrogen and oxygen atoms in total. The van der Waals surface area contributed by atoms with Gasteiger partial charge in [0, 0.05) is 30.5 Å². The van der Waals surface area contributed by atoms with E-state index in [0.717, 1.165) is 37.7 Å². The quantitative estimate of drug-likeness (QED) is 0.747. The lowest BCUT2D eigenvalue weighted by atomic mass is 10.2. The van der Waals surface area contributed by atoms with Crippen molar-refractivity contribution in [2.45, 2.75) is 33.7 Å². The fraction of sp³-hybridized carbons (Fsp3) is 0.636. The van der Waals surface area contributed by atoms with Crippen molar-refractivity contribution in [3.63, 3.8) is 0 Å². The molecule has 0 amide bonds. The number of aromatic nitrogens is 2. The summed E-state index contributed by atoms with van der Waals surface area (Å²) in [5.41, 5.74) is 2.21. The summed E-state index contributed by atoms with van der Waals surface area (Å²) >= 11 is 0. The Balaban J connectivity index is 2.61. The Kier molecular flexibility index (Phi) is 5.04. The molecule has 0 radical (unpaired) electrons. The monoisotopic (exact) mass is 208 g/mol. The van der Waals surface area contributed by atoms with E-state index in [4.69, 9.17) is 0 Å². The summed E-state index contributed by atoms with van der Waals surface area (Å²) in [6, 6.07) is 0. The Morgan fingerprint density at radius 2 is 2.13 bits per heavy atom. The topological polar surface area (TPSA) is 49.8 Å². The molecule has 0 spiro atoms. The van der Waals surface area contributed by atoms with E-state index in [1.807, 2.05) is 13.1 Å². The third kappa shape index (κ3) is 3.83. The van der Waals surface area contributed by atoms with Gasteiger partial charge < -0.3 is 10.6 Å². The Hall–Kier alpha value is -1.16. The molecule has 0 bridgehead atoms. The molecule has 0 aliphatic heterocycles. The van der Waals surface area contributed by atoms with Gasteiger partial charge in [-0.15, -0.1) is 0 Å². The lowest BCUT2D eigenvalue weighted by molar-refractivity contribution is 0.716. The maximum absolute atomic E-state index is 4.40. The second kappa shape index (κ2) is 6.35. The number of nitrogens with one attached hydrogen (secondary N) is 2. The van der Waals surface area contributed by atoms with Crippen molar-refractivity contribution in [3.05, 3.63) is 17.5 Å². The van der Waals surface area contributed by atoms with Crippen LogP contribution in [-0.2, 0) is 6.54 Å². The zero-order valence-electron chi connectivity index (χ0n) is 9.80. The maximum atomic E-state index is 4.40. The lowest BCUT2D eigenvalue weighted by Gasteiger charge is -2.08. The first kappa shape index (κ1) is 11.9. The second-order valence-corrected chi connectivity index (χ2v) is 3.51. The van der Waals surface area contributed by atoms with Crippen LogP contribution in [0, 0.1) is 6.92 Å². The minimum absolute atomic E-state index is 0.731. The molecular weight excluding hydrogens is 188 g/mol. The normalized spacial score (nSPS) is 10.3. The number of hydrogen-bond donors (Lipinski definition) is 2. The van der Waals surface area contributed by atoms with E-state index >= 15 is 0 Å². The molecule has 0 aliphatic rings. The fourth-order valence-electron chi connectivity index (χ4n) is 1.25. The average Bonchev–Trinajstić information content (AvgIpc) is 2.25. The standard InChI is InChI=1S/C11H20N4/c1-4-6-13-11-14-8-10(7-12-5-2)9(3)15-11/h8,12H,4-7H2,1-3H3,(H,13,14,15). The van der Waals surface area contributed by atoms with Crippen molar-refractivity contribution in [1.29, 1.82) is 0 Å². The number of anilines is 1. The van der Waals surface area contributed by atoms with Gasteiger partial charge in [-0.25, -0.2) is 9.97 Å². The van der Waals surface area contributed by atoms with Crippen LogP contribution < -0.4 is 10.6 Å². The highest BCUT2D eigenvalue weighted by Crippen LogP contribution is 2.06. The van der Waals surface area contributed by atoms with E-state index in [1.54, 1.807) is 0 Å². The smallest absolute Gasteiger partial charge is 0.222 e. The van der Waals surface area contributed by atoms with Gasteiger partial charge in [-0.3, -0.25) is 0 Å². The molecule has 4 heteroatoms. The molecule has 1 rings (SSSR count). The van der Waals surface area contributed by atoms with Crippen LogP contribution in [0.4, 0.5) is 5.95 Å². The SMILES string of the molecule is CCCNc1ncc(CNCC)c(C)n1. The Morgan fingerprint density at radius 1 is 1.33 bits per heavy atom. The van der Waals surface area contributed by atoms with Gasteiger partial charge in [0.2, 0.25) is 5.95 Å². The Bertz CT molecular complexity index is 299. The molecule has 2 N–H and O–H groups in total. The Labute approximate surface area is 91.5 Å². The Morgan fingerprint density at radius 3 is 2.73 bits per heavy atom. The summed E-state index contributed by atoms with van der Waals surface area (Å²) in [7, 11) is 0. The van der Waals surface area contributed by atoms with Crippen LogP contribution in [-0.4, -0.2) is 23.1 Å². The van der Waals surface area contributed by atoms with Crippen LogP contribution in [0.25, 0.3) is 0 Å². The minimum Gasteiger partial charge on any atom is -0.354 e. The highest BCUT2D eigenvalue weighted by atomic mass is 15.1. The summed E-state index contributed by atoms with van der Waals surface area (Å²) < 4.78 is 0. The first-order valence-corrected chi connectivity index (χ1v) is 5.55. The molecule has 0 unspecified atom stereocenters. The van der Waals surface area contributed by atoms with Gasteiger partial charge in [-0.05, 0) is 19.9 Å². The van der Waals surface area contributed by atoms with Crippen LogP contribution in [0.1, 0.15) is 31.5 Å². The lowest BCUT2D eigenvalue weighted by Crippen LogP contribution is -2.14. The largest absolute Gasteiger partial charge is 0.354 e. The molecule has 1 heterocycles. The number of nitrogens with zero attached hydrogens (tertiary/aromatic N) is 2. The van der Waals surface area contributed by atoms with E-state index in [2.05, 4.69) is 34.4 Å². The molecule has 84 valence electrons. The van der Waals surface area contributed by atoms with Gasteiger partial charge in [-0.1, -0.05) is 13.8 Å². The molecule has 1 aromatic rings. The van der Waals surface area contributed by atoms with Gasteiger partial charge >= 0.3 is 0 Å². The predicted octanol–water partition coefficient (Wildman–Crippen LogP) is 1.72. The maximum Gasteiger partial charge on any atom is 0.222 e. The van der Waals surface area contributed by atoms with Gasteiger partial charge in [0.15, 0.2) is 0 Å². The van der Waals surface area contributed by atoms with Crippen LogP contribution in [0.2, 0.25) is 0 Å². The molecule has 0 saturated heterocycles. The van der Waals surface area contributed by atoms with Crippen molar-refractivity contribution in [1.82, 2.24) is 15.3 Å².